The van der Waals surface area contributed by atoms with E-state index in [4.69, 9.17) is 17.2 Å². The number of nitrogens with zero attached hydrogens (tertiary/aromatic N) is 1. The first kappa shape index (κ1) is 34.3. The minimum absolute atomic E-state index is 0.0268. The molecular weight excluding hydrogens is 522 g/mol. The molecule has 0 bridgehead atoms. The van der Waals surface area contributed by atoms with Crippen LogP contribution in [0.25, 0.3) is 0 Å². The normalized spacial score (nSPS) is 18.0. The maximum absolute atomic E-state index is 13.3. The van der Waals surface area contributed by atoms with Crippen molar-refractivity contribution >= 4 is 41.4 Å². The molecule has 0 unspecified atom stereocenters. The van der Waals surface area contributed by atoms with Gasteiger partial charge in [0.25, 0.3) is 0 Å². The monoisotopic (exact) mass is 567 g/mol. The Morgan fingerprint density at radius 2 is 1.18 bits per heavy atom. The Labute approximate surface area is 234 Å². The van der Waals surface area contributed by atoms with Crippen LogP contribution >= 0.6 is 0 Å². The standard InChI is InChI=1S/C26H45N7O7/c1-13(2)9-16(30-23(37)15(5)11-20(27)34)24(38)31-17(12-21(28)35)25(39)32-18(10-14(3)4)26(40)33-8-6-7-19(33)22(29)36/h13-19H,6-12H2,1-5H3,(H2,27,34)(H2,28,35)(H2,29,36)(H,30,37)(H,31,38)(H,32,39)/t15-,16-,17-,18-,19-/m0/s1. The molecule has 0 spiro atoms. The molecule has 1 saturated heterocycles. The molecule has 0 aromatic heterocycles. The first-order valence-electron chi connectivity index (χ1n) is 13.6. The van der Waals surface area contributed by atoms with Gasteiger partial charge in [-0.3, -0.25) is 33.6 Å². The van der Waals surface area contributed by atoms with Gasteiger partial charge in [0.05, 0.1) is 6.42 Å². The summed E-state index contributed by atoms with van der Waals surface area (Å²) in [7, 11) is 0. The van der Waals surface area contributed by atoms with E-state index in [-0.39, 0.29) is 31.1 Å². The molecular formula is C26H45N7O7. The third kappa shape index (κ3) is 11.2. The van der Waals surface area contributed by atoms with E-state index in [1.54, 1.807) is 0 Å². The molecule has 1 rings (SSSR count). The minimum Gasteiger partial charge on any atom is -0.370 e. The number of primary amides is 3. The van der Waals surface area contributed by atoms with Crippen molar-refractivity contribution < 1.29 is 33.6 Å². The van der Waals surface area contributed by atoms with Gasteiger partial charge in [0.2, 0.25) is 41.4 Å². The molecule has 0 aliphatic carbocycles. The van der Waals surface area contributed by atoms with Crippen LogP contribution < -0.4 is 33.2 Å². The van der Waals surface area contributed by atoms with Gasteiger partial charge in [-0.05, 0) is 37.5 Å². The lowest BCUT2D eigenvalue weighted by Crippen LogP contribution is -2.59. The first-order chi connectivity index (χ1) is 18.5. The summed E-state index contributed by atoms with van der Waals surface area (Å²) in [5.41, 5.74) is 16.0. The van der Waals surface area contributed by atoms with E-state index in [9.17, 15) is 33.6 Å². The fraction of sp³-hybridized carbons (Fsp3) is 0.731. The van der Waals surface area contributed by atoms with Crippen LogP contribution in [0, 0.1) is 17.8 Å². The van der Waals surface area contributed by atoms with E-state index >= 15 is 0 Å². The lowest BCUT2D eigenvalue weighted by Gasteiger charge is -2.30. The molecule has 14 heteroatoms. The van der Waals surface area contributed by atoms with Gasteiger partial charge in [-0.25, -0.2) is 0 Å². The van der Waals surface area contributed by atoms with Gasteiger partial charge >= 0.3 is 0 Å². The van der Waals surface area contributed by atoms with Crippen LogP contribution in [0.5, 0.6) is 0 Å². The van der Waals surface area contributed by atoms with Gasteiger partial charge in [-0.2, -0.15) is 0 Å². The van der Waals surface area contributed by atoms with Crippen LogP contribution in [0.4, 0.5) is 0 Å². The highest BCUT2D eigenvalue weighted by Crippen LogP contribution is 2.20. The second kappa shape index (κ2) is 15.8. The number of nitrogens with two attached hydrogens (primary N) is 3. The third-order valence-electron chi connectivity index (χ3n) is 6.52. The number of amides is 7. The molecule has 0 saturated carbocycles. The molecule has 9 N–H and O–H groups in total. The highest BCUT2D eigenvalue weighted by Gasteiger charge is 2.38. The lowest BCUT2D eigenvalue weighted by molar-refractivity contribution is -0.141. The first-order valence-corrected chi connectivity index (χ1v) is 13.6. The van der Waals surface area contributed by atoms with Gasteiger partial charge in [0, 0.05) is 18.9 Å². The number of rotatable bonds is 16. The largest absolute Gasteiger partial charge is 0.370 e. The van der Waals surface area contributed by atoms with Crippen molar-refractivity contribution in [2.24, 2.45) is 35.0 Å². The molecule has 1 aliphatic heterocycles. The fourth-order valence-electron chi connectivity index (χ4n) is 4.59. The summed E-state index contributed by atoms with van der Waals surface area (Å²) in [6.45, 7) is 9.15. The average molecular weight is 568 g/mol. The summed E-state index contributed by atoms with van der Waals surface area (Å²) in [5.74, 6) is -5.67. The van der Waals surface area contributed by atoms with E-state index in [0.717, 1.165) is 0 Å². The topological polar surface area (TPSA) is 237 Å². The molecule has 1 fully saturated rings. The third-order valence-corrected chi connectivity index (χ3v) is 6.52. The van der Waals surface area contributed by atoms with Crippen molar-refractivity contribution in [1.29, 1.82) is 0 Å². The van der Waals surface area contributed by atoms with Crippen LogP contribution in [0.2, 0.25) is 0 Å². The molecule has 40 heavy (non-hydrogen) atoms. The lowest BCUT2D eigenvalue weighted by atomic mass is 9.99. The quantitative estimate of drug-likeness (QED) is 0.127. The smallest absolute Gasteiger partial charge is 0.245 e. The van der Waals surface area contributed by atoms with Gasteiger partial charge in [-0.15, -0.1) is 0 Å². The zero-order valence-corrected chi connectivity index (χ0v) is 24.0. The van der Waals surface area contributed by atoms with Gasteiger partial charge in [0.1, 0.15) is 24.2 Å². The predicted molar refractivity (Wildman–Crippen MR) is 145 cm³/mol. The Bertz CT molecular complexity index is 969. The van der Waals surface area contributed by atoms with Crippen LogP contribution in [-0.2, 0) is 33.6 Å². The molecule has 226 valence electrons. The molecule has 0 aromatic rings. The second-order valence-electron chi connectivity index (χ2n) is 11.3. The van der Waals surface area contributed by atoms with E-state index in [0.29, 0.717) is 19.4 Å². The van der Waals surface area contributed by atoms with Gasteiger partial charge < -0.3 is 38.1 Å². The predicted octanol–water partition coefficient (Wildman–Crippen LogP) is -1.60. The number of carbonyl (C=O) groups is 7. The Hall–Kier alpha value is -3.71. The summed E-state index contributed by atoms with van der Waals surface area (Å²) in [6.07, 6.45) is 0.660. The van der Waals surface area contributed by atoms with Gasteiger partial charge in [0.15, 0.2) is 0 Å². The number of nitrogens with one attached hydrogen (secondary N) is 3. The molecule has 5 atom stereocenters. The maximum atomic E-state index is 13.3. The van der Waals surface area contributed by atoms with Crippen LogP contribution in [-0.4, -0.2) is 77.0 Å². The SMILES string of the molecule is CC(C)C[C@H](NC(=O)[C@@H](C)CC(N)=O)C(=O)N[C@@H](CC(N)=O)C(=O)N[C@@H](CC(C)C)C(=O)N1CCC[C@H]1C(N)=O. The Morgan fingerprint density at radius 3 is 1.68 bits per heavy atom. The van der Waals surface area contributed by atoms with Crippen molar-refractivity contribution in [1.82, 2.24) is 20.9 Å². The summed E-state index contributed by atoms with van der Waals surface area (Å²) in [6, 6.07) is -4.34. The minimum atomic E-state index is -1.44. The Balaban J connectivity index is 3.13. The van der Waals surface area contributed by atoms with Crippen LogP contribution in [0.1, 0.15) is 73.1 Å². The summed E-state index contributed by atoms with van der Waals surface area (Å²) in [5, 5.41) is 7.67. The maximum Gasteiger partial charge on any atom is 0.245 e. The van der Waals surface area contributed by atoms with E-state index < -0.39 is 77.9 Å². The van der Waals surface area contributed by atoms with E-state index in [1.807, 2.05) is 27.7 Å². The summed E-state index contributed by atoms with van der Waals surface area (Å²) < 4.78 is 0. The highest BCUT2D eigenvalue weighted by atomic mass is 16.2. The second-order valence-corrected chi connectivity index (χ2v) is 11.3. The van der Waals surface area contributed by atoms with E-state index in [1.165, 1.54) is 11.8 Å². The zero-order chi connectivity index (χ0) is 30.7. The molecule has 0 aromatic carbocycles. The summed E-state index contributed by atoms with van der Waals surface area (Å²) in [4.78, 5) is 88.6. The zero-order valence-electron chi connectivity index (χ0n) is 24.0. The molecule has 0 radical (unpaired) electrons. The van der Waals surface area contributed by atoms with Crippen molar-refractivity contribution in [3.63, 3.8) is 0 Å². The van der Waals surface area contributed by atoms with Gasteiger partial charge in [-0.1, -0.05) is 34.6 Å². The molecule has 14 nitrogen and oxygen atoms in total. The fourth-order valence-corrected chi connectivity index (χ4v) is 4.59. The van der Waals surface area contributed by atoms with Crippen molar-refractivity contribution in [2.45, 2.75) is 97.3 Å². The van der Waals surface area contributed by atoms with Crippen molar-refractivity contribution in [2.75, 3.05) is 6.54 Å². The van der Waals surface area contributed by atoms with Crippen molar-refractivity contribution in [3.8, 4) is 0 Å². The summed E-state index contributed by atoms with van der Waals surface area (Å²) >= 11 is 0. The highest BCUT2D eigenvalue weighted by molar-refractivity contribution is 5.97. The van der Waals surface area contributed by atoms with Crippen LogP contribution in [0.3, 0.4) is 0 Å². The van der Waals surface area contributed by atoms with Crippen LogP contribution in [0.15, 0.2) is 0 Å². The number of hydrogen-bond acceptors (Lipinski definition) is 7. The molecule has 1 aliphatic rings. The number of likely N-dealkylation sites (tertiary alicyclic amines) is 1. The Kier molecular flexibility index (Phi) is 13.5. The average Bonchev–Trinajstić information content (AvgIpc) is 3.31. The molecule has 7 amide bonds. The molecule has 1 heterocycles. The van der Waals surface area contributed by atoms with E-state index in [2.05, 4.69) is 16.0 Å². The Morgan fingerprint density at radius 1 is 0.700 bits per heavy atom. The van der Waals surface area contributed by atoms with Crippen molar-refractivity contribution in [3.05, 3.63) is 0 Å². The number of carbonyl (C=O) groups excluding carboxylic acids is 7. The number of hydrogen-bond donors (Lipinski definition) is 6.